The molecule has 2 unspecified atom stereocenters. The molecule has 2 aromatic heterocycles. The van der Waals surface area contributed by atoms with Gasteiger partial charge in [0.1, 0.15) is 0 Å². The van der Waals surface area contributed by atoms with E-state index in [0.29, 0.717) is 13.1 Å². The predicted octanol–water partition coefficient (Wildman–Crippen LogP) is 2.87. The molecule has 140 valence electrons. The highest BCUT2D eigenvalue weighted by atomic mass is 16.2. The fraction of sp³-hybridized carbons (Fsp3) is 0.381. The monoisotopic (exact) mass is 363 g/mol. The van der Waals surface area contributed by atoms with Crippen LogP contribution in [0.5, 0.6) is 0 Å². The summed E-state index contributed by atoms with van der Waals surface area (Å²) in [6.45, 7) is 8.32. The van der Waals surface area contributed by atoms with Crippen molar-refractivity contribution in [1.29, 1.82) is 0 Å². The standard InChI is InChI=1S/C21H25N5O/c1-15-16(2)23-26(17(15)3)19-13-25(12-11-24-10-9-22-14-24)21(27)20(19)18-7-5-4-6-8-18/h4-10,14,19-20H,11-13H2,1-3H3. The number of carbonyl (C=O) groups is 1. The molecular weight excluding hydrogens is 338 g/mol. The lowest BCUT2D eigenvalue weighted by molar-refractivity contribution is -0.129. The second-order valence-corrected chi connectivity index (χ2v) is 7.28. The van der Waals surface area contributed by atoms with Crippen molar-refractivity contribution in [3.8, 4) is 0 Å². The molecule has 6 nitrogen and oxygen atoms in total. The minimum atomic E-state index is -0.202. The van der Waals surface area contributed by atoms with Gasteiger partial charge in [-0.1, -0.05) is 30.3 Å². The maximum atomic E-state index is 13.3. The highest BCUT2D eigenvalue weighted by Gasteiger charge is 2.43. The van der Waals surface area contributed by atoms with Crippen LogP contribution in [0.2, 0.25) is 0 Å². The average Bonchev–Trinajstić information content (AvgIpc) is 3.37. The molecule has 2 atom stereocenters. The molecular formula is C21H25N5O. The van der Waals surface area contributed by atoms with Crippen LogP contribution in [0.1, 0.15) is 34.5 Å². The van der Waals surface area contributed by atoms with E-state index in [-0.39, 0.29) is 17.9 Å². The molecule has 0 saturated carbocycles. The molecule has 3 aromatic rings. The number of aryl methyl sites for hydroxylation is 1. The van der Waals surface area contributed by atoms with E-state index in [0.717, 1.165) is 23.5 Å². The number of imidazole rings is 1. The third-order valence-corrected chi connectivity index (χ3v) is 5.72. The minimum Gasteiger partial charge on any atom is -0.338 e. The van der Waals surface area contributed by atoms with Gasteiger partial charge in [-0.25, -0.2) is 4.98 Å². The first-order chi connectivity index (χ1) is 13.1. The van der Waals surface area contributed by atoms with E-state index >= 15 is 0 Å². The maximum absolute atomic E-state index is 13.3. The topological polar surface area (TPSA) is 56.0 Å². The summed E-state index contributed by atoms with van der Waals surface area (Å²) >= 11 is 0. The third kappa shape index (κ3) is 3.16. The summed E-state index contributed by atoms with van der Waals surface area (Å²) in [5.74, 6) is -0.0251. The average molecular weight is 363 g/mol. The Morgan fingerprint density at radius 1 is 1.11 bits per heavy atom. The molecule has 1 fully saturated rings. The lowest BCUT2D eigenvalue weighted by Gasteiger charge is -2.19. The van der Waals surface area contributed by atoms with E-state index < -0.39 is 0 Å². The van der Waals surface area contributed by atoms with Crippen LogP contribution in [0.15, 0.2) is 49.1 Å². The van der Waals surface area contributed by atoms with E-state index in [4.69, 9.17) is 5.10 Å². The van der Waals surface area contributed by atoms with Crippen LogP contribution < -0.4 is 0 Å². The molecule has 1 aliphatic heterocycles. The van der Waals surface area contributed by atoms with Crippen LogP contribution in [0.3, 0.4) is 0 Å². The van der Waals surface area contributed by atoms with Crippen molar-refractivity contribution in [3.05, 3.63) is 71.6 Å². The van der Waals surface area contributed by atoms with Crippen LogP contribution in [-0.4, -0.2) is 43.2 Å². The van der Waals surface area contributed by atoms with Gasteiger partial charge in [-0.15, -0.1) is 0 Å². The lowest BCUT2D eigenvalue weighted by atomic mass is 9.93. The van der Waals surface area contributed by atoms with Crippen molar-refractivity contribution in [2.45, 2.75) is 39.3 Å². The van der Waals surface area contributed by atoms with Gasteiger partial charge in [-0.3, -0.25) is 9.48 Å². The summed E-state index contributed by atoms with van der Waals surface area (Å²) in [6.07, 6.45) is 5.48. The second kappa shape index (κ2) is 7.02. The van der Waals surface area contributed by atoms with Crippen LogP contribution in [0.25, 0.3) is 0 Å². The van der Waals surface area contributed by atoms with Crippen LogP contribution in [-0.2, 0) is 11.3 Å². The zero-order chi connectivity index (χ0) is 19.0. The summed E-state index contributed by atoms with van der Waals surface area (Å²) in [6, 6.07) is 10.1. The Kier molecular flexibility index (Phi) is 4.56. The van der Waals surface area contributed by atoms with E-state index in [1.54, 1.807) is 12.5 Å². The Morgan fingerprint density at radius 3 is 2.52 bits per heavy atom. The minimum absolute atomic E-state index is 0.00934. The molecule has 3 heterocycles. The largest absolute Gasteiger partial charge is 0.338 e. The molecule has 1 aliphatic rings. The van der Waals surface area contributed by atoms with Gasteiger partial charge in [0.15, 0.2) is 0 Å². The number of nitrogens with zero attached hydrogens (tertiary/aromatic N) is 5. The molecule has 1 amide bonds. The Hall–Kier alpha value is -2.89. The first-order valence-corrected chi connectivity index (χ1v) is 9.38. The highest BCUT2D eigenvalue weighted by Crippen LogP contribution is 2.38. The zero-order valence-corrected chi connectivity index (χ0v) is 16.0. The number of hydrogen-bond acceptors (Lipinski definition) is 3. The number of aromatic nitrogens is 4. The molecule has 0 N–H and O–H groups in total. The summed E-state index contributed by atoms with van der Waals surface area (Å²) < 4.78 is 4.07. The molecule has 4 rings (SSSR count). The summed E-state index contributed by atoms with van der Waals surface area (Å²) in [7, 11) is 0. The van der Waals surface area contributed by atoms with E-state index in [2.05, 4.69) is 23.5 Å². The number of likely N-dealkylation sites (tertiary alicyclic amines) is 1. The van der Waals surface area contributed by atoms with Crippen LogP contribution in [0.4, 0.5) is 0 Å². The molecule has 0 radical (unpaired) electrons. The van der Waals surface area contributed by atoms with Crippen LogP contribution >= 0.6 is 0 Å². The summed E-state index contributed by atoms with van der Waals surface area (Å²) in [4.78, 5) is 19.4. The van der Waals surface area contributed by atoms with Crippen molar-refractivity contribution in [3.63, 3.8) is 0 Å². The van der Waals surface area contributed by atoms with Crippen molar-refractivity contribution < 1.29 is 4.79 Å². The van der Waals surface area contributed by atoms with Crippen molar-refractivity contribution in [2.75, 3.05) is 13.1 Å². The first-order valence-electron chi connectivity index (χ1n) is 9.38. The molecule has 1 aromatic carbocycles. The quantitative estimate of drug-likeness (QED) is 0.700. The fourth-order valence-electron chi connectivity index (χ4n) is 3.95. The first kappa shape index (κ1) is 17.5. The number of hydrogen-bond donors (Lipinski definition) is 0. The Balaban J connectivity index is 1.66. The lowest BCUT2D eigenvalue weighted by Crippen LogP contribution is -2.30. The molecule has 0 spiro atoms. The molecule has 0 bridgehead atoms. The predicted molar refractivity (Wildman–Crippen MR) is 103 cm³/mol. The zero-order valence-electron chi connectivity index (χ0n) is 16.0. The van der Waals surface area contributed by atoms with Crippen LogP contribution in [0, 0.1) is 20.8 Å². The summed E-state index contributed by atoms with van der Waals surface area (Å²) in [5, 5.41) is 4.77. The normalized spacial score (nSPS) is 19.8. The van der Waals surface area contributed by atoms with Crippen molar-refractivity contribution in [2.24, 2.45) is 0 Å². The van der Waals surface area contributed by atoms with Gasteiger partial charge < -0.3 is 9.47 Å². The molecule has 6 heteroatoms. The van der Waals surface area contributed by atoms with Gasteiger partial charge in [-0.2, -0.15) is 5.10 Å². The molecule has 1 saturated heterocycles. The van der Waals surface area contributed by atoms with Gasteiger partial charge in [0.05, 0.1) is 24.0 Å². The smallest absolute Gasteiger partial charge is 0.232 e. The Morgan fingerprint density at radius 2 is 1.89 bits per heavy atom. The number of rotatable bonds is 5. The fourth-order valence-corrected chi connectivity index (χ4v) is 3.95. The Bertz CT molecular complexity index is 929. The SMILES string of the molecule is Cc1nn(C2CN(CCn3ccnc3)C(=O)C2c2ccccc2)c(C)c1C. The summed E-state index contributed by atoms with van der Waals surface area (Å²) in [5.41, 5.74) is 4.43. The van der Waals surface area contributed by atoms with Gasteiger partial charge in [-0.05, 0) is 31.9 Å². The number of amides is 1. The second-order valence-electron chi connectivity index (χ2n) is 7.28. The maximum Gasteiger partial charge on any atom is 0.232 e. The third-order valence-electron chi connectivity index (χ3n) is 5.72. The number of carbonyl (C=O) groups excluding carboxylic acids is 1. The van der Waals surface area contributed by atoms with Crippen molar-refractivity contribution >= 4 is 5.91 Å². The van der Waals surface area contributed by atoms with E-state index in [1.165, 1.54) is 5.56 Å². The van der Waals surface area contributed by atoms with Gasteiger partial charge in [0.25, 0.3) is 0 Å². The van der Waals surface area contributed by atoms with Gasteiger partial charge in [0.2, 0.25) is 5.91 Å². The van der Waals surface area contributed by atoms with Crippen molar-refractivity contribution in [1.82, 2.24) is 24.2 Å². The molecule has 27 heavy (non-hydrogen) atoms. The van der Waals surface area contributed by atoms with Gasteiger partial charge >= 0.3 is 0 Å². The Labute approximate surface area is 159 Å². The highest BCUT2D eigenvalue weighted by molar-refractivity contribution is 5.86. The number of benzene rings is 1. The van der Waals surface area contributed by atoms with E-state index in [1.807, 2.05) is 52.9 Å². The van der Waals surface area contributed by atoms with Gasteiger partial charge in [0, 0.05) is 37.7 Å². The molecule has 0 aliphatic carbocycles. The van der Waals surface area contributed by atoms with E-state index in [9.17, 15) is 4.79 Å².